The highest BCUT2D eigenvalue weighted by atomic mass is 35.5. The summed E-state index contributed by atoms with van der Waals surface area (Å²) in [6.45, 7) is 0. The molecule has 1 aliphatic rings. The first-order chi connectivity index (χ1) is 14.0. The van der Waals surface area contributed by atoms with Crippen LogP contribution in [0.5, 0.6) is 0 Å². The first-order valence-corrected chi connectivity index (χ1v) is 9.04. The fourth-order valence-corrected chi connectivity index (χ4v) is 3.44. The first-order valence-electron chi connectivity index (χ1n) is 8.66. The van der Waals surface area contributed by atoms with Crippen LogP contribution < -0.4 is 5.32 Å². The minimum absolute atomic E-state index is 0.0702. The number of hydrogen-bond donors (Lipinski definition) is 1. The van der Waals surface area contributed by atoms with Crippen molar-refractivity contribution in [1.82, 2.24) is 0 Å². The third-order valence-corrected chi connectivity index (χ3v) is 4.98. The molecule has 1 aliphatic carbocycles. The number of fused-ring (bicyclic) bond motifs is 1. The molecule has 0 radical (unpaired) electrons. The van der Waals surface area contributed by atoms with Gasteiger partial charge in [-0.05, 0) is 29.3 Å². The van der Waals surface area contributed by atoms with E-state index >= 15 is 0 Å². The van der Waals surface area contributed by atoms with Crippen LogP contribution in [0.15, 0.2) is 83.5 Å². The van der Waals surface area contributed by atoms with Gasteiger partial charge in [0.25, 0.3) is 5.69 Å². The van der Waals surface area contributed by atoms with Gasteiger partial charge in [0, 0.05) is 17.3 Å². The van der Waals surface area contributed by atoms with Crippen LogP contribution in [0.4, 0.5) is 11.4 Å². The molecule has 0 saturated carbocycles. The lowest BCUT2D eigenvalue weighted by atomic mass is 9.91. The Hall–Kier alpha value is -3.77. The lowest BCUT2D eigenvalue weighted by molar-refractivity contribution is -0.385. The summed E-state index contributed by atoms with van der Waals surface area (Å²) in [6, 6.07) is 20.8. The maximum atomic E-state index is 12.9. The Morgan fingerprint density at radius 3 is 2.10 bits per heavy atom. The van der Waals surface area contributed by atoms with Gasteiger partial charge in [-0.3, -0.25) is 19.7 Å². The second kappa shape index (κ2) is 7.33. The van der Waals surface area contributed by atoms with Crippen molar-refractivity contribution in [1.29, 1.82) is 0 Å². The number of rotatable bonds is 4. The molecule has 0 heterocycles. The van der Waals surface area contributed by atoms with E-state index in [0.717, 1.165) is 11.1 Å². The van der Waals surface area contributed by atoms with E-state index in [4.69, 9.17) is 11.6 Å². The molecule has 0 aromatic heterocycles. The van der Waals surface area contributed by atoms with Gasteiger partial charge in [-0.15, -0.1) is 0 Å². The Balaban J connectivity index is 1.69. The number of nitro benzene ring substituents is 1. The number of nitrogens with one attached hydrogen (secondary N) is 1. The van der Waals surface area contributed by atoms with Crippen LogP contribution in [0.2, 0.25) is 0 Å². The molecule has 1 N–H and O–H groups in total. The molecule has 29 heavy (non-hydrogen) atoms. The minimum Gasteiger partial charge on any atom is -0.351 e. The smallest absolute Gasteiger partial charge is 0.281 e. The summed E-state index contributed by atoms with van der Waals surface area (Å²) in [4.78, 5) is 36.1. The summed E-state index contributed by atoms with van der Waals surface area (Å²) in [6.07, 6.45) is 0. The Bertz CT molecular complexity index is 1190. The number of benzene rings is 3. The van der Waals surface area contributed by atoms with E-state index in [1.54, 1.807) is 12.1 Å². The highest BCUT2D eigenvalue weighted by Gasteiger charge is 2.37. The summed E-state index contributed by atoms with van der Waals surface area (Å²) in [5.41, 5.74) is 1.61. The number of anilines is 1. The molecule has 4 rings (SSSR count). The summed E-state index contributed by atoms with van der Waals surface area (Å²) < 4.78 is 0. The molecule has 6 nitrogen and oxygen atoms in total. The van der Waals surface area contributed by atoms with Gasteiger partial charge in [0.2, 0.25) is 11.6 Å². The van der Waals surface area contributed by atoms with Crippen LogP contribution in [0.25, 0.3) is 11.1 Å². The van der Waals surface area contributed by atoms with Gasteiger partial charge in [0.05, 0.1) is 4.92 Å². The summed E-state index contributed by atoms with van der Waals surface area (Å²) in [5.74, 6) is -1.32. The molecule has 0 unspecified atom stereocenters. The van der Waals surface area contributed by atoms with Crippen LogP contribution in [-0.4, -0.2) is 16.5 Å². The summed E-state index contributed by atoms with van der Waals surface area (Å²) in [7, 11) is 0. The van der Waals surface area contributed by atoms with E-state index < -0.39 is 22.2 Å². The van der Waals surface area contributed by atoms with Gasteiger partial charge in [-0.2, -0.15) is 0 Å². The average Bonchev–Trinajstić information content (AvgIpc) is 2.75. The second-order valence-corrected chi connectivity index (χ2v) is 6.75. The number of Topliss-reactive ketones (excluding diaryl/α,β-unsaturated/α-hetero) is 2. The molecule has 3 aromatic carbocycles. The molecule has 3 aromatic rings. The Morgan fingerprint density at radius 1 is 0.793 bits per heavy atom. The highest BCUT2D eigenvalue weighted by Crippen LogP contribution is 2.34. The molecule has 0 atom stereocenters. The van der Waals surface area contributed by atoms with E-state index in [1.165, 1.54) is 18.2 Å². The third kappa shape index (κ3) is 3.30. The molecule has 0 fully saturated rings. The molecular weight excluding hydrogens is 392 g/mol. The van der Waals surface area contributed by atoms with Crippen molar-refractivity contribution in [3.8, 4) is 11.1 Å². The van der Waals surface area contributed by atoms with Crippen molar-refractivity contribution in [2.75, 3.05) is 5.32 Å². The van der Waals surface area contributed by atoms with Crippen LogP contribution >= 0.6 is 11.6 Å². The van der Waals surface area contributed by atoms with Crippen LogP contribution in [-0.2, 0) is 0 Å². The van der Waals surface area contributed by atoms with E-state index in [2.05, 4.69) is 5.32 Å². The van der Waals surface area contributed by atoms with Gasteiger partial charge in [0.15, 0.2) is 0 Å². The van der Waals surface area contributed by atoms with Crippen LogP contribution in [0, 0.1) is 10.1 Å². The second-order valence-electron chi connectivity index (χ2n) is 6.37. The Morgan fingerprint density at radius 2 is 1.45 bits per heavy atom. The molecule has 142 valence electrons. The molecule has 7 heteroatoms. The monoisotopic (exact) mass is 404 g/mol. The molecule has 0 amide bonds. The van der Waals surface area contributed by atoms with Crippen molar-refractivity contribution < 1.29 is 14.5 Å². The minimum atomic E-state index is -0.691. The van der Waals surface area contributed by atoms with Gasteiger partial charge < -0.3 is 5.32 Å². The predicted octanol–water partition coefficient (Wildman–Crippen LogP) is 5.20. The number of halogens is 1. The number of nitro groups is 1. The quantitative estimate of drug-likeness (QED) is 0.476. The van der Waals surface area contributed by atoms with Crippen molar-refractivity contribution in [2.45, 2.75) is 0 Å². The van der Waals surface area contributed by atoms with Crippen LogP contribution in [0.3, 0.4) is 0 Å². The van der Waals surface area contributed by atoms with Crippen molar-refractivity contribution in [2.24, 2.45) is 0 Å². The van der Waals surface area contributed by atoms with Crippen molar-refractivity contribution in [3.05, 3.63) is 105 Å². The topological polar surface area (TPSA) is 89.3 Å². The fourth-order valence-electron chi connectivity index (χ4n) is 3.21. The molecule has 0 aliphatic heterocycles. The summed E-state index contributed by atoms with van der Waals surface area (Å²) in [5, 5.41) is 13.9. The Labute approximate surface area is 170 Å². The number of nitrogens with zero attached hydrogens (tertiary/aromatic N) is 1. The zero-order valence-corrected chi connectivity index (χ0v) is 15.6. The number of hydrogen-bond acceptors (Lipinski definition) is 5. The van der Waals surface area contributed by atoms with Crippen LogP contribution in [0.1, 0.15) is 20.7 Å². The predicted molar refractivity (Wildman–Crippen MR) is 110 cm³/mol. The number of carbonyl (C=O) groups excluding carboxylic acids is 2. The highest BCUT2D eigenvalue weighted by molar-refractivity contribution is 6.50. The lowest BCUT2D eigenvalue weighted by Gasteiger charge is -2.19. The molecule has 0 bridgehead atoms. The van der Waals surface area contributed by atoms with Crippen molar-refractivity contribution >= 4 is 34.5 Å². The number of carbonyl (C=O) groups is 2. The van der Waals surface area contributed by atoms with E-state index in [9.17, 15) is 19.7 Å². The lowest BCUT2D eigenvalue weighted by Crippen LogP contribution is -2.25. The zero-order valence-electron chi connectivity index (χ0n) is 14.9. The molecule has 0 saturated heterocycles. The zero-order chi connectivity index (χ0) is 20.5. The van der Waals surface area contributed by atoms with Gasteiger partial charge in [-0.1, -0.05) is 60.1 Å². The first kappa shape index (κ1) is 18.6. The molecular formula is C22H13ClN2O4. The fraction of sp³-hybridized carbons (Fsp3) is 0. The van der Waals surface area contributed by atoms with Gasteiger partial charge in [0.1, 0.15) is 16.3 Å². The third-order valence-electron chi connectivity index (χ3n) is 4.62. The van der Waals surface area contributed by atoms with E-state index in [0.29, 0.717) is 5.69 Å². The van der Waals surface area contributed by atoms with Gasteiger partial charge in [-0.25, -0.2) is 0 Å². The number of allylic oxidation sites excluding steroid dienone is 2. The normalized spacial score (nSPS) is 13.3. The molecule has 0 spiro atoms. The Kier molecular flexibility index (Phi) is 4.70. The van der Waals surface area contributed by atoms with Gasteiger partial charge >= 0.3 is 0 Å². The average molecular weight is 405 g/mol. The standard InChI is InChI=1S/C22H13ClN2O4/c23-19-20(22(27)18-16(21(19)26)7-4-8-17(18)25(28)29)24-15-11-9-14(10-12-15)13-5-2-1-3-6-13/h1-12,24H. The number of ketones is 2. The maximum absolute atomic E-state index is 12.9. The largest absolute Gasteiger partial charge is 0.351 e. The van der Waals surface area contributed by atoms with E-state index in [-0.39, 0.29) is 21.9 Å². The maximum Gasteiger partial charge on any atom is 0.281 e. The SMILES string of the molecule is O=C1C(Cl)=C(Nc2ccc(-c3ccccc3)cc2)C(=O)c2c1cccc2[N+](=O)[O-]. The van der Waals surface area contributed by atoms with E-state index in [1.807, 2.05) is 42.5 Å². The summed E-state index contributed by atoms with van der Waals surface area (Å²) >= 11 is 6.14. The van der Waals surface area contributed by atoms with Crippen molar-refractivity contribution in [3.63, 3.8) is 0 Å².